The third-order valence-corrected chi connectivity index (χ3v) is 1.09. The first-order chi connectivity index (χ1) is 4.18. The van der Waals surface area contributed by atoms with Crippen LogP contribution < -0.4 is 22.5 Å². The van der Waals surface area contributed by atoms with E-state index >= 15 is 0 Å². The summed E-state index contributed by atoms with van der Waals surface area (Å²) in [7, 11) is 0. The van der Waals surface area contributed by atoms with Gasteiger partial charge in [0.1, 0.15) is 0 Å². The molecule has 0 aliphatic heterocycles. The lowest BCUT2D eigenvalue weighted by atomic mass is 10.3. The molecule has 7 N–H and O–H groups in total. The first kappa shape index (κ1) is 8.84. The van der Waals surface area contributed by atoms with Gasteiger partial charge in [0.05, 0.1) is 6.17 Å². The van der Waals surface area contributed by atoms with Gasteiger partial charge >= 0.3 is 0 Å². The molecule has 0 radical (unpaired) electrons. The van der Waals surface area contributed by atoms with Gasteiger partial charge in [-0.15, -0.1) is 0 Å². The largest absolute Gasteiger partial charge is 0.329 e. The zero-order chi connectivity index (χ0) is 7.28. The summed E-state index contributed by atoms with van der Waals surface area (Å²) in [6.45, 7) is 3.18. The molecule has 0 aromatic rings. The lowest BCUT2D eigenvalue weighted by Crippen LogP contribution is -2.51. The number of nitrogens with two attached hydrogens (primary N) is 3. The SMILES string of the molecule is CC(N)C(N)NCCN. The van der Waals surface area contributed by atoms with Gasteiger partial charge in [0.2, 0.25) is 0 Å². The van der Waals surface area contributed by atoms with Crippen LogP contribution in [0.4, 0.5) is 0 Å². The van der Waals surface area contributed by atoms with E-state index in [1.807, 2.05) is 6.92 Å². The summed E-state index contributed by atoms with van der Waals surface area (Å²) in [4.78, 5) is 0. The highest BCUT2D eigenvalue weighted by molar-refractivity contribution is 4.68. The number of rotatable bonds is 4. The smallest absolute Gasteiger partial charge is 0.0700 e. The Hall–Kier alpha value is -0.160. The molecule has 0 aliphatic rings. The van der Waals surface area contributed by atoms with Crippen molar-refractivity contribution < 1.29 is 0 Å². The Morgan fingerprint density at radius 1 is 1.44 bits per heavy atom. The highest BCUT2D eigenvalue weighted by Gasteiger charge is 2.03. The van der Waals surface area contributed by atoms with Crippen LogP contribution in [0.3, 0.4) is 0 Å². The molecule has 56 valence electrons. The summed E-state index contributed by atoms with van der Waals surface area (Å²) in [6, 6.07) is -0.0171. The molecule has 9 heavy (non-hydrogen) atoms. The number of hydrogen-bond acceptors (Lipinski definition) is 4. The molecular formula is C5H16N4. The Kier molecular flexibility index (Phi) is 4.61. The standard InChI is InChI=1S/C5H16N4/c1-4(7)5(8)9-3-2-6/h4-5,9H,2-3,6-8H2,1H3. The minimum Gasteiger partial charge on any atom is -0.329 e. The van der Waals surface area contributed by atoms with Gasteiger partial charge in [0, 0.05) is 19.1 Å². The van der Waals surface area contributed by atoms with Crippen LogP contribution in [0.15, 0.2) is 0 Å². The molecule has 0 saturated carbocycles. The Morgan fingerprint density at radius 3 is 2.33 bits per heavy atom. The van der Waals surface area contributed by atoms with E-state index in [0.29, 0.717) is 6.54 Å². The summed E-state index contributed by atoms with van der Waals surface area (Å²) in [5.74, 6) is 0. The van der Waals surface area contributed by atoms with Crippen LogP contribution in [0.25, 0.3) is 0 Å². The van der Waals surface area contributed by atoms with Gasteiger partial charge in [-0.1, -0.05) is 0 Å². The van der Waals surface area contributed by atoms with E-state index in [1.165, 1.54) is 0 Å². The topological polar surface area (TPSA) is 90.1 Å². The fraction of sp³-hybridized carbons (Fsp3) is 1.00. The molecule has 0 spiro atoms. The summed E-state index contributed by atoms with van der Waals surface area (Å²) in [5, 5.41) is 2.96. The molecule has 4 heteroatoms. The first-order valence-electron chi connectivity index (χ1n) is 3.13. The van der Waals surface area contributed by atoms with Crippen molar-refractivity contribution in [2.75, 3.05) is 13.1 Å². The van der Waals surface area contributed by atoms with Gasteiger partial charge in [-0.25, -0.2) is 0 Å². The molecule has 0 bridgehead atoms. The second-order valence-corrected chi connectivity index (χ2v) is 2.13. The number of nitrogens with one attached hydrogen (secondary N) is 1. The average Bonchev–Trinajstić information content (AvgIpc) is 1.82. The Labute approximate surface area is 55.8 Å². The highest BCUT2D eigenvalue weighted by atomic mass is 15.1. The molecule has 0 amide bonds. The Balaban J connectivity index is 3.16. The van der Waals surface area contributed by atoms with Crippen LogP contribution in [-0.2, 0) is 0 Å². The van der Waals surface area contributed by atoms with Crippen LogP contribution in [0.5, 0.6) is 0 Å². The normalized spacial score (nSPS) is 17.3. The molecule has 0 aromatic heterocycles. The molecule has 0 fully saturated rings. The second-order valence-electron chi connectivity index (χ2n) is 2.13. The van der Waals surface area contributed by atoms with E-state index < -0.39 is 0 Å². The number of hydrogen-bond donors (Lipinski definition) is 4. The minimum absolute atomic E-state index is 0.0171. The van der Waals surface area contributed by atoms with Crippen molar-refractivity contribution in [3.05, 3.63) is 0 Å². The molecule has 4 nitrogen and oxygen atoms in total. The van der Waals surface area contributed by atoms with E-state index in [4.69, 9.17) is 17.2 Å². The van der Waals surface area contributed by atoms with Crippen molar-refractivity contribution in [1.29, 1.82) is 0 Å². The molecule has 2 unspecified atom stereocenters. The molecule has 0 rings (SSSR count). The van der Waals surface area contributed by atoms with Gasteiger partial charge in [0.15, 0.2) is 0 Å². The van der Waals surface area contributed by atoms with Gasteiger partial charge in [0.25, 0.3) is 0 Å². The van der Waals surface area contributed by atoms with Crippen molar-refractivity contribution in [1.82, 2.24) is 5.32 Å². The van der Waals surface area contributed by atoms with E-state index in [9.17, 15) is 0 Å². The van der Waals surface area contributed by atoms with Crippen LogP contribution in [0, 0.1) is 0 Å². The van der Waals surface area contributed by atoms with Gasteiger partial charge in [-0.05, 0) is 6.92 Å². The van der Waals surface area contributed by atoms with Crippen molar-refractivity contribution in [3.63, 3.8) is 0 Å². The third-order valence-electron chi connectivity index (χ3n) is 1.09. The summed E-state index contributed by atoms with van der Waals surface area (Å²) < 4.78 is 0. The predicted molar refractivity (Wildman–Crippen MR) is 38.7 cm³/mol. The molecule has 0 aromatic carbocycles. The zero-order valence-corrected chi connectivity index (χ0v) is 5.80. The first-order valence-corrected chi connectivity index (χ1v) is 3.13. The Bertz CT molecular complexity index is 64.0. The summed E-state index contributed by atoms with van der Waals surface area (Å²) >= 11 is 0. The van der Waals surface area contributed by atoms with E-state index in [-0.39, 0.29) is 12.2 Å². The van der Waals surface area contributed by atoms with Gasteiger partial charge < -0.3 is 17.2 Å². The van der Waals surface area contributed by atoms with Gasteiger partial charge in [-0.2, -0.15) is 0 Å². The van der Waals surface area contributed by atoms with Crippen molar-refractivity contribution in [3.8, 4) is 0 Å². The Morgan fingerprint density at radius 2 is 2.00 bits per heavy atom. The molecule has 0 heterocycles. The van der Waals surface area contributed by atoms with Crippen molar-refractivity contribution in [2.24, 2.45) is 17.2 Å². The zero-order valence-electron chi connectivity index (χ0n) is 5.80. The second kappa shape index (κ2) is 4.69. The maximum Gasteiger partial charge on any atom is 0.0700 e. The van der Waals surface area contributed by atoms with E-state index in [2.05, 4.69) is 5.32 Å². The lowest BCUT2D eigenvalue weighted by Gasteiger charge is -2.16. The maximum atomic E-state index is 5.51. The summed E-state index contributed by atoms with van der Waals surface area (Å²) in [6.07, 6.45) is -0.131. The van der Waals surface area contributed by atoms with Crippen LogP contribution in [0.2, 0.25) is 0 Å². The minimum atomic E-state index is -0.131. The predicted octanol–water partition coefficient (Wildman–Crippen LogP) is -1.83. The highest BCUT2D eigenvalue weighted by Crippen LogP contribution is 1.76. The fourth-order valence-corrected chi connectivity index (χ4v) is 0.436. The third kappa shape index (κ3) is 4.35. The van der Waals surface area contributed by atoms with Gasteiger partial charge in [-0.3, -0.25) is 5.32 Å². The molecule has 0 aliphatic carbocycles. The van der Waals surface area contributed by atoms with E-state index in [1.54, 1.807) is 0 Å². The van der Waals surface area contributed by atoms with Crippen molar-refractivity contribution >= 4 is 0 Å². The van der Waals surface area contributed by atoms with Crippen LogP contribution >= 0.6 is 0 Å². The van der Waals surface area contributed by atoms with Crippen molar-refractivity contribution in [2.45, 2.75) is 19.1 Å². The molecule has 2 atom stereocenters. The molecular weight excluding hydrogens is 116 g/mol. The van der Waals surface area contributed by atoms with Crippen LogP contribution in [-0.4, -0.2) is 25.3 Å². The fourth-order valence-electron chi connectivity index (χ4n) is 0.436. The quantitative estimate of drug-likeness (QED) is 0.339. The average molecular weight is 132 g/mol. The monoisotopic (exact) mass is 132 g/mol. The van der Waals surface area contributed by atoms with Crippen LogP contribution in [0.1, 0.15) is 6.92 Å². The molecule has 0 saturated heterocycles. The maximum absolute atomic E-state index is 5.51. The van der Waals surface area contributed by atoms with E-state index in [0.717, 1.165) is 6.54 Å². The summed E-state index contributed by atoms with van der Waals surface area (Å²) in [5.41, 5.74) is 16.2. The lowest BCUT2D eigenvalue weighted by molar-refractivity contribution is 0.466.